The molecule has 1 fully saturated rings. The topological polar surface area (TPSA) is 102 Å². The summed E-state index contributed by atoms with van der Waals surface area (Å²) in [6.07, 6.45) is 2.91. The van der Waals surface area contributed by atoms with Crippen LogP contribution in [0.15, 0.2) is 29.4 Å². The number of aromatic nitrogens is 1. The number of aryl methyl sites for hydroxylation is 1. The lowest BCUT2D eigenvalue weighted by Gasteiger charge is -2.15. The van der Waals surface area contributed by atoms with Gasteiger partial charge in [-0.3, -0.25) is 14.7 Å². The monoisotopic (exact) mass is 484 g/mol. The molecule has 0 radical (unpaired) electrons. The van der Waals surface area contributed by atoms with E-state index in [-0.39, 0.29) is 42.5 Å². The second-order valence-corrected chi connectivity index (χ2v) is 6.19. The lowest BCUT2D eigenvalue weighted by atomic mass is 10.1. The van der Waals surface area contributed by atoms with Crippen molar-refractivity contribution in [3.8, 4) is 0 Å². The summed E-state index contributed by atoms with van der Waals surface area (Å²) in [6, 6.07) is 5.90. The van der Waals surface area contributed by atoms with Crippen LogP contribution in [-0.4, -0.2) is 61.0 Å². The molecule has 0 spiro atoms. The zero-order valence-corrected chi connectivity index (χ0v) is 17.8. The molecule has 1 aromatic heterocycles. The lowest BCUT2D eigenvalue weighted by molar-refractivity contribution is -0.124. The van der Waals surface area contributed by atoms with Crippen molar-refractivity contribution in [3.63, 3.8) is 0 Å². The molecule has 0 unspecified atom stereocenters. The zero-order valence-electron chi connectivity index (χ0n) is 15.5. The molecule has 8 nitrogen and oxygen atoms in total. The van der Waals surface area contributed by atoms with Crippen LogP contribution >= 0.6 is 24.0 Å². The smallest absolute Gasteiger partial charge is 0.324 e. The standard InChI is InChI=1S/C18H24N6O2.HI/c1-12-4-3-5-14-16(12)13(10-22-14)6-7-20-17(19-2)21-8-9-24-15(25)11-23-18(24)26;/h3-5,10,22H,6-9,11H2,1-2H3,(H,23,26)(H2,19,20,21);1H. The van der Waals surface area contributed by atoms with Gasteiger partial charge in [0.25, 0.3) is 0 Å². The van der Waals surface area contributed by atoms with Gasteiger partial charge in [-0.15, -0.1) is 24.0 Å². The summed E-state index contributed by atoms with van der Waals surface area (Å²) in [7, 11) is 1.69. The van der Waals surface area contributed by atoms with Gasteiger partial charge in [-0.2, -0.15) is 0 Å². The van der Waals surface area contributed by atoms with Crippen molar-refractivity contribution in [2.45, 2.75) is 13.3 Å². The zero-order chi connectivity index (χ0) is 18.5. The van der Waals surface area contributed by atoms with Gasteiger partial charge in [-0.1, -0.05) is 12.1 Å². The molecular formula is C18H25IN6O2. The van der Waals surface area contributed by atoms with Crippen LogP contribution in [0.2, 0.25) is 0 Å². The average molecular weight is 484 g/mol. The number of hydrogen-bond acceptors (Lipinski definition) is 3. The number of hydrogen-bond donors (Lipinski definition) is 4. The predicted octanol–water partition coefficient (Wildman–Crippen LogP) is 1.35. The maximum absolute atomic E-state index is 11.5. The minimum absolute atomic E-state index is 0. The SMILES string of the molecule is CN=C(NCCc1c[nH]c2cccc(C)c12)NCCN1C(=O)CNC1=O.I. The van der Waals surface area contributed by atoms with Gasteiger partial charge in [0, 0.05) is 43.8 Å². The molecule has 0 atom stereocenters. The molecule has 9 heteroatoms. The number of aromatic amines is 1. The van der Waals surface area contributed by atoms with Gasteiger partial charge < -0.3 is 20.9 Å². The second-order valence-electron chi connectivity index (χ2n) is 6.19. The van der Waals surface area contributed by atoms with Gasteiger partial charge >= 0.3 is 6.03 Å². The van der Waals surface area contributed by atoms with E-state index in [0.717, 1.165) is 18.5 Å². The maximum atomic E-state index is 11.5. The first-order chi connectivity index (χ1) is 12.6. The summed E-state index contributed by atoms with van der Waals surface area (Å²) in [4.78, 5) is 31.7. The first-order valence-electron chi connectivity index (χ1n) is 8.68. The predicted molar refractivity (Wildman–Crippen MR) is 117 cm³/mol. The fourth-order valence-electron chi connectivity index (χ4n) is 3.15. The first kappa shape index (κ1) is 21.0. The Kier molecular flexibility index (Phi) is 7.45. The first-order valence-corrected chi connectivity index (χ1v) is 8.68. The minimum Gasteiger partial charge on any atom is -0.361 e. The van der Waals surface area contributed by atoms with Crippen molar-refractivity contribution < 1.29 is 9.59 Å². The van der Waals surface area contributed by atoms with Gasteiger partial charge in [0.15, 0.2) is 5.96 Å². The molecule has 1 aliphatic heterocycles. The van der Waals surface area contributed by atoms with Crippen molar-refractivity contribution >= 4 is 52.8 Å². The van der Waals surface area contributed by atoms with Crippen LogP contribution < -0.4 is 16.0 Å². The largest absolute Gasteiger partial charge is 0.361 e. The number of imide groups is 1. The summed E-state index contributed by atoms with van der Waals surface area (Å²) in [6.45, 7) is 3.68. The quantitative estimate of drug-likeness (QED) is 0.215. The van der Waals surface area contributed by atoms with Crippen LogP contribution in [0.5, 0.6) is 0 Å². The van der Waals surface area contributed by atoms with E-state index < -0.39 is 0 Å². The number of H-pyrrole nitrogens is 1. The molecule has 0 bridgehead atoms. The number of urea groups is 1. The Morgan fingerprint density at radius 1 is 1.26 bits per heavy atom. The van der Waals surface area contributed by atoms with Gasteiger partial charge in [-0.25, -0.2) is 4.79 Å². The van der Waals surface area contributed by atoms with E-state index in [1.807, 2.05) is 12.3 Å². The van der Waals surface area contributed by atoms with Crippen LogP contribution in [-0.2, 0) is 11.2 Å². The van der Waals surface area contributed by atoms with Crippen molar-refractivity contribution in [2.24, 2.45) is 4.99 Å². The summed E-state index contributed by atoms with van der Waals surface area (Å²) in [5.74, 6) is 0.447. The van der Waals surface area contributed by atoms with E-state index in [1.54, 1.807) is 7.05 Å². The third-order valence-electron chi connectivity index (χ3n) is 4.47. The molecule has 146 valence electrons. The number of guanidine groups is 1. The minimum atomic E-state index is -0.338. The van der Waals surface area contributed by atoms with E-state index in [0.29, 0.717) is 19.0 Å². The van der Waals surface area contributed by atoms with Gasteiger partial charge in [-0.05, 0) is 30.5 Å². The van der Waals surface area contributed by atoms with E-state index >= 15 is 0 Å². The number of carbonyl (C=O) groups is 2. The number of amides is 3. The number of nitrogens with zero attached hydrogens (tertiary/aromatic N) is 2. The van der Waals surface area contributed by atoms with E-state index in [2.05, 4.69) is 45.0 Å². The van der Waals surface area contributed by atoms with Crippen molar-refractivity contribution in [1.29, 1.82) is 0 Å². The van der Waals surface area contributed by atoms with E-state index in [9.17, 15) is 9.59 Å². The fourth-order valence-corrected chi connectivity index (χ4v) is 3.15. The highest BCUT2D eigenvalue weighted by Gasteiger charge is 2.27. The van der Waals surface area contributed by atoms with Crippen molar-refractivity contribution in [2.75, 3.05) is 33.2 Å². The molecule has 0 aliphatic carbocycles. The van der Waals surface area contributed by atoms with Crippen LogP contribution in [0.25, 0.3) is 10.9 Å². The maximum Gasteiger partial charge on any atom is 0.324 e. The normalized spacial score (nSPS) is 14.3. The highest BCUT2D eigenvalue weighted by molar-refractivity contribution is 14.0. The van der Waals surface area contributed by atoms with Crippen LogP contribution in [0.1, 0.15) is 11.1 Å². The van der Waals surface area contributed by atoms with Gasteiger partial charge in [0.1, 0.15) is 0 Å². The molecule has 0 saturated carbocycles. The summed E-state index contributed by atoms with van der Waals surface area (Å²) in [5, 5.41) is 10.2. The molecule has 1 aromatic carbocycles. The molecule has 27 heavy (non-hydrogen) atoms. The Morgan fingerprint density at radius 3 is 2.74 bits per heavy atom. The molecule has 2 heterocycles. The van der Waals surface area contributed by atoms with Crippen LogP contribution in [0.4, 0.5) is 4.79 Å². The third kappa shape index (κ3) is 4.90. The number of fused-ring (bicyclic) bond motifs is 1. The number of benzene rings is 1. The van der Waals surface area contributed by atoms with E-state index in [4.69, 9.17) is 0 Å². The fraction of sp³-hybridized carbons (Fsp3) is 0.389. The molecule has 1 aliphatic rings. The lowest BCUT2D eigenvalue weighted by Crippen LogP contribution is -2.43. The second kappa shape index (κ2) is 9.58. The number of nitrogens with one attached hydrogen (secondary N) is 4. The summed E-state index contributed by atoms with van der Waals surface area (Å²) in [5.41, 5.74) is 3.67. The molecule has 3 rings (SSSR count). The number of aliphatic imine (C=N–C) groups is 1. The Morgan fingerprint density at radius 2 is 2.04 bits per heavy atom. The molecule has 1 saturated heterocycles. The van der Waals surface area contributed by atoms with Crippen molar-refractivity contribution in [3.05, 3.63) is 35.5 Å². The Hall–Kier alpha value is -2.30. The molecule has 4 N–H and O–H groups in total. The Bertz CT molecular complexity index is 831. The van der Waals surface area contributed by atoms with Crippen LogP contribution in [0, 0.1) is 6.92 Å². The molecule has 3 amide bonds. The highest BCUT2D eigenvalue weighted by Crippen LogP contribution is 2.22. The molecule has 2 aromatic rings. The highest BCUT2D eigenvalue weighted by atomic mass is 127. The third-order valence-corrected chi connectivity index (χ3v) is 4.47. The van der Waals surface area contributed by atoms with Crippen LogP contribution in [0.3, 0.4) is 0 Å². The number of halogens is 1. The van der Waals surface area contributed by atoms with Gasteiger partial charge in [0.05, 0.1) is 6.54 Å². The van der Waals surface area contributed by atoms with E-state index in [1.165, 1.54) is 21.4 Å². The Labute approximate surface area is 175 Å². The summed E-state index contributed by atoms with van der Waals surface area (Å²) < 4.78 is 0. The summed E-state index contributed by atoms with van der Waals surface area (Å²) >= 11 is 0. The van der Waals surface area contributed by atoms with Gasteiger partial charge in [0.2, 0.25) is 5.91 Å². The number of rotatable bonds is 6. The number of carbonyl (C=O) groups excluding carboxylic acids is 2. The average Bonchev–Trinajstić information content (AvgIpc) is 3.19. The Balaban J connectivity index is 0.00000261. The molecular weight excluding hydrogens is 459 g/mol. The van der Waals surface area contributed by atoms with Crippen molar-refractivity contribution in [1.82, 2.24) is 25.8 Å².